The molecule has 186 valence electrons. The first kappa shape index (κ1) is 22.2. The number of rotatable bonds is 7. The second kappa shape index (κ2) is 8.56. The minimum absolute atomic E-state index is 0.227. The number of H-pyrrole nitrogens is 1. The summed E-state index contributed by atoms with van der Waals surface area (Å²) < 4.78 is 7.74. The maximum Gasteiger partial charge on any atom is 0.145 e. The molecule has 0 amide bonds. The van der Waals surface area contributed by atoms with E-state index < -0.39 is 0 Å². The van der Waals surface area contributed by atoms with Gasteiger partial charge < -0.3 is 14.6 Å². The third-order valence-electron chi connectivity index (χ3n) is 8.05. The van der Waals surface area contributed by atoms with Crippen molar-refractivity contribution in [2.75, 3.05) is 20.2 Å². The standard InChI is InChI=1S/C30H29N5O2/c1-37-24-9-11-27-26(15-24)33-29(35(27)18-30(12-13-31-17-30)28(36)20-4-5-20)21-6-2-19(3-7-21)22-8-10-25-23(14-22)16-32-34-25/h2-3,6-11,14-16,20,31H,4-5,12-13,17-18H2,1H3,(H,32,34)/t30-/m0/s1. The summed E-state index contributed by atoms with van der Waals surface area (Å²) in [4.78, 5) is 18.6. The van der Waals surface area contributed by atoms with E-state index in [1.807, 2.05) is 18.3 Å². The molecule has 7 heteroatoms. The first-order valence-electron chi connectivity index (χ1n) is 13.0. The number of carbonyl (C=O) groups excluding carboxylic acids is 1. The Balaban J connectivity index is 1.31. The van der Waals surface area contributed by atoms with Crippen molar-refractivity contribution in [2.24, 2.45) is 11.3 Å². The summed E-state index contributed by atoms with van der Waals surface area (Å²) in [6.45, 7) is 2.24. The van der Waals surface area contributed by atoms with Crippen molar-refractivity contribution in [1.29, 1.82) is 0 Å². The fourth-order valence-corrected chi connectivity index (χ4v) is 5.80. The summed E-state index contributed by atoms with van der Waals surface area (Å²) in [7, 11) is 1.67. The molecule has 5 aromatic rings. The maximum atomic E-state index is 13.5. The van der Waals surface area contributed by atoms with Crippen LogP contribution in [0.1, 0.15) is 19.3 Å². The van der Waals surface area contributed by atoms with Gasteiger partial charge in [0.1, 0.15) is 17.4 Å². The molecule has 7 rings (SSSR count). The number of carbonyl (C=O) groups is 1. The Kier molecular flexibility index (Phi) is 5.15. The Morgan fingerprint density at radius 1 is 1.05 bits per heavy atom. The molecule has 3 aromatic carbocycles. The third kappa shape index (κ3) is 3.81. The number of ether oxygens (including phenoxy) is 1. The molecule has 2 fully saturated rings. The van der Waals surface area contributed by atoms with Gasteiger partial charge in [-0.2, -0.15) is 5.10 Å². The SMILES string of the molecule is COc1ccc2c(c1)nc(-c1ccc(-c3ccc4[nH]ncc4c3)cc1)n2C[C@]1(C(=O)C2CC2)CCNC1. The minimum Gasteiger partial charge on any atom is -0.497 e. The first-order chi connectivity index (χ1) is 18.1. The molecule has 1 atom stereocenters. The van der Waals surface area contributed by atoms with Gasteiger partial charge in [-0.1, -0.05) is 30.3 Å². The van der Waals surface area contributed by atoms with Crippen molar-refractivity contribution < 1.29 is 9.53 Å². The smallest absolute Gasteiger partial charge is 0.145 e. The van der Waals surface area contributed by atoms with Crippen LogP contribution in [0.3, 0.4) is 0 Å². The lowest BCUT2D eigenvalue weighted by molar-refractivity contribution is -0.129. The number of nitrogens with zero attached hydrogens (tertiary/aromatic N) is 3. The molecule has 2 aromatic heterocycles. The molecule has 0 unspecified atom stereocenters. The van der Waals surface area contributed by atoms with E-state index in [1.54, 1.807) is 7.11 Å². The number of imidazole rings is 1. The molecule has 1 aliphatic heterocycles. The molecule has 0 spiro atoms. The third-order valence-corrected chi connectivity index (χ3v) is 8.05. The van der Waals surface area contributed by atoms with E-state index in [0.29, 0.717) is 12.3 Å². The number of aromatic amines is 1. The quantitative estimate of drug-likeness (QED) is 0.326. The highest BCUT2D eigenvalue weighted by molar-refractivity contribution is 5.90. The molecular weight excluding hydrogens is 462 g/mol. The number of Topliss-reactive ketones (excluding diaryl/α,β-unsaturated/α-hetero) is 1. The van der Waals surface area contributed by atoms with E-state index in [-0.39, 0.29) is 11.3 Å². The number of fused-ring (bicyclic) bond motifs is 2. The van der Waals surface area contributed by atoms with Gasteiger partial charge in [0.25, 0.3) is 0 Å². The van der Waals surface area contributed by atoms with Crippen molar-refractivity contribution in [1.82, 2.24) is 25.1 Å². The van der Waals surface area contributed by atoms with Gasteiger partial charge in [-0.05, 0) is 61.2 Å². The molecule has 3 heterocycles. The predicted octanol–water partition coefficient (Wildman–Crippen LogP) is 5.21. The van der Waals surface area contributed by atoms with Crippen LogP contribution in [0.15, 0.2) is 66.9 Å². The molecule has 0 bridgehead atoms. The zero-order valence-corrected chi connectivity index (χ0v) is 20.8. The summed E-state index contributed by atoms with van der Waals surface area (Å²) in [6.07, 6.45) is 4.77. The van der Waals surface area contributed by atoms with Gasteiger partial charge in [0.15, 0.2) is 0 Å². The van der Waals surface area contributed by atoms with E-state index in [1.165, 1.54) is 0 Å². The highest BCUT2D eigenvalue weighted by Gasteiger charge is 2.48. The van der Waals surface area contributed by atoms with Crippen molar-refractivity contribution >= 4 is 27.7 Å². The number of hydrogen-bond donors (Lipinski definition) is 2. The topological polar surface area (TPSA) is 84.8 Å². The van der Waals surface area contributed by atoms with E-state index >= 15 is 0 Å². The van der Waals surface area contributed by atoms with E-state index in [9.17, 15) is 4.79 Å². The van der Waals surface area contributed by atoms with Crippen LogP contribution in [0, 0.1) is 11.3 Å². The normalized spacial score (nSPS) is 19.6. The fourth-order valence-electron chi connectivity index (χ4n) is 5.80. The van der Waals surface area contributed by atoms with Gasteiger partial charge in [0.05, 0.1) is 35.3 Å². The number of benzene rings is 3. The maximum absolute atomic E-state index is 13.5. The van der Waals surface area contributed by atoms with E-state index in [2.05, 4.69) is 68.6 Å². The molecule has 1 saturated heterocycles. The molecule has 2 N–H and O–H groups in total. The van der Waals surface area contributed by atoms with Crippen LogP contribution in [0.4, 0.5) is 0 Å². The first-order valence-corrected chi connectivity index (χ1v) is 13.0. The number of aromatic nitrogens is 4. The molecular formula is C30H29N5O2. The Morgan fingerprint density at radius 2 is 1.86 bits per heavy atom. The van der Waals surface area contributed by atoms with E-state index in [4.69, 9.17) is 9.72 Å². The lowest BCUT2D eigenvalue weighted by Crippen LogP contribution is -2.39. The lowest BCUT2D eigenvalue weighted by Gasteiger charge is -2.28. The van der Waals surface area contributed by atoms with E-state index in [0.717, 1.165) is 82.6 Å². The fraction of sp³-hybridized carbons (Fsp3) is 0.300. The summed E-state index contributed by atoms with van der Waals surface area (Å²) in [5, 5.41) is 11.7. The number of ketones is 1. The molecule has 1 saturated carbocycles. The number of hydrogen-bond acceptors (Lipinski definition) is 5. The average Bonchev–Trinajstić information content (AvgIpc) is 3.33. The number of nitrogens with one attached hydrogen (secondary N) is 2. The van der Waals surface area contributed by atoms with Crippen LogP contribution in [-0.2, 0) is 11.3 Å². The van der Waals surface area contributed by atoms with Crippen molar-refractivity contribution in [3.63, 3.8) is 0 Å². The molecule has 7 nitrogen and oxygen atoms in total. The van der Waals surface area contributed by atoms with Gasteiger partial charge in [0, 0.05) is 36.0 Å². The van der Waals surface area contributed by atoms with Crippen LogP contribution >= 0.6 is 0 Å². The summed E-state index contributed by atoms with van der Waals surface area (Å²) in [5.41, 5.74) is 5.86. The zero-order chi connectivity index (χ0) is 25.0. The van der Waals surface area contributed by atoms with Crippen LogP contribution < -0.4 is 10.1 Å². The van der Waals surface area contributed by atoms with Crippen LogP contribution in [0.25, 0.3) is 44.5 Å². The van der Waals surface area contributed by atoms with Crippen LogP contribution in [-0.4, -0.2) is 45.7 Å². The summed E-state index contributed by atoms with van der Waals surface area (Å²) >= 11 is 0. The van der Waals surface area contributed by atoms with Gasteiger partial charge >= 0.3 is 0 Å². The van der Waals surface area contributed by atoms with Crippen LogP contribution in [0.5, 0.6) is 5.75 Å². The largest absolute Gasteiger partial charge is 0.497 e. The number of methoxy groups -OCH3 is 1. The predicted molar refractivity (Wildman–Crippen MR) is 144 cm³/mol. The van der Waals surface area contributed by atoms with Crippen molar-refractivity contribution in [3.8, 4) is 28.3 Å². The van der Waals surface area contributed by atoms with Gasteiger partial charge in [-0.15, -0.1) is 0 Å². The Bertz CT molecular complexity index is 1620. The van der Waals surface area contributed by atoms with Crippen molar-refractivity contribution in [2.45, 2.75) is 25.8 Å². The summed E-state index contributed by atoms with van der Waals surface area (Å²) in [6, 6.07) is 20.9. The second-order valence-electron chi connectivity index (χ2n) is 10.5. The molecule has 37 heavy (non-hydrogen) atoms. The highest BCUT2D eigenvalue weighted by Crippen LogP contribution is 2.42. The molecule has 2 aliphatic rings. The highest BCUT2D eigenvalue weighted by atomic mass is 16.5. The second-order valence-corrected chi connectivity index (χ2v) is 10.5. The minimum atomic E-state index is -0.385. The molecule has 1 aliphatic carbocycles. The van der Waals surface area contributed by atoms with Gasteiger partial charge in [0.2, 0.25) is 0 Å². The molecule has 0 radical (unpaired) electrons. The van der Waals surface area contributed by atoms with Gasteiger partial charge in [-0.3, -0.25) is 9.89 Å². The zero-order valence-electron chi connectivity index (χ0n) is 20.8. The van der Waals surface area contributed by atoms with Crippen LogP contribution in [0.2, 0.25) is 0 Å². The van der Waals surface area contributed by atoms with Crippen molar-refractivity contribution in [3.05, 3.63) is 66.9 Å². The Labute approximate surface area is 214 Å². The lowest BCUT2D eigenvalue weighted by atomic mass is 9.80. The Hall–Kier alpha value is -3.97. The Morgan fingerprint density at radius 3 is 2.62 bits per heavy atom. The summed E-state index contributed by atoms with van der Waals surface area (Å²) in [5.74, 6) is 2.31. The monoisotopic (exact) mass is 491 g/mol. The van der Waals surface area contributed by atoms with Gasteiger partial charge in [-0.25, -0.2) is 4.98 Å². The average molecular weight is 492 g/mol.